The monoisotopic (exact) mass is 258 g/mol. The number of nitrogens with one attached hydrogen (secondary N) is 2. The first-order valence-electron chi connectivity index (χ1n) is 6.90. The lowest BCUT2D eigenvalue weighted by molar-refractivity contribution is 0.384. The van der Waals surface area contributed by atoms with Crippen molar-refractivity contribution in [3.8, 4) is 0 Å². The van der Waals surface area contributed by atoms with Crippen LogP contribution >= 0.6 is 0 Å². The first kappa shape index (κ1) is 13.7. The molecular weight excluding hydrogens is 236 g/mol. The SMILES string of the molecule is CCC/C(O)=C\Cc1ccc(C2=CNCNC2)cc1. The highest BCUT2D eigenvalue weighted by molar-refractivity contribution is 5.67. The molecule has 1 aliphatic heterocycles. The van der Waals surface area contributed by atoms with Crippen LogP contribution < -0.4 is 10.6 Å². The Hall–Kier alpha value is -1.74. The van der Waals surface area contributed by atoms with Gasteiger partial charge in [-0.15, -0.1) is 0 Å². The summed E-state index contributed by atoms with van der Waals surface area (Å²) < 4.78 is 0. The first-order chi connectivity index (χ1) is 9.29. The summed E-state index contributed by atoms with van der Waals surface area (Å²) in [6.45, 7) is 3.81. The van der Waals surface area contributed by atoms with E-state index < -0.39 is 0 Å². The molecule has 0 saturated carbocycles. The highest BCUT2D eigenvalue weighted by Crippen LogP contribution is 2.16. The van der Waals surface area contributed by atoms with Crippen LogP contribution in [0.1, 0.15) is 30.9 Å². The van der Waals surface area contributed by atoms with Gasteiger partial charge in [0, 0.05) is 19.2 Å². The van der Waals surface area contributed by atoms with E-state index in [1.807, 2.05) is 6.08 Å². The van der Waals surface area contributed by atoms with Crippen LogP contribution in [-0.4, -0.2) is 18.3 Å². The quantitative estimate of drug-likeness (QED) is 0.711. The van der Waals surface area contributed by atoms with Crippen LogP contribution in [0.3, 0.4) is 0 Å². The minimum Gasteiger partial charge on any atom is -0.513 e. The number of hydrogen-bond acceptors (Lipinski definition) is 3. The lowest BCUT2D eigenvalue weighted by Gasteiger charge is -2.16. The maximum atomic E-state index is 9.60. The third-order valence-electron chi connectivity index (χ3n) is 3.22. The lowest BCUT2D eigenvalue weighted by atomic mass is 10.0. The molecule has 102 valence electrons. The molecule has 3 heteroatoms. The third kappa shape index (κ3) is 4.14. The highest BCUT2D eigenvalue weighted by atomic mass is 16.3. The Bertz CT molecular complexity index is 460. The van der Waals surface area contributed by atoms with Crippen LogP contribution in [0.5, 0.6) is 0 Å². The molecule has 0 atom stereocenters. The van der Waals surface area contributed by atoms with Gasteiger partial charge in [0.1, 0.15) is 0 Å². The molecule has 1 heterocycles. The molecule has 0 unspecified atom stereocenters. The van der Waals surface area contributed by atoms with Crippen LogP contribution in [-0.2, 0) is 6.42 Å². The molecule has 3 nitrogen and oxygen atoms in total. The van der Waals surface area contributed by atoms with Crippen molar-refractivity contribution in [2.75, 3.05) is 13.2 Å². The molecule has 0 amide bonds. The minimum absolute atomic E-state index is 0.495. The summed E-state index contributed by atoms with van der Waals surface area (Å²) in [6, 6.07) is 8.53. The molecule has 1 aromatic rings. The largest absolute Gasteiger partial charge is 0.513 e. The summed E-state index contributed by atoms with van der Waals surface area (Å²) in [6.07, 6.45) is 6.51. The number of benzene rings is 1. The summed E-state index contributed by atoms with van der Waals surface area (Å²) in [5.41, 5.74) is 3.75. The highest BCUT2D eigenvalue weighted by Gasteiger charge is 2.04. The molecule has 1 aromatic carbocycles. The van der Waals surface area contributed by atoms with Crippen LogP contribution in [0.4, 0.5) is 0 Å². The maximum Gasteiger partial charge on any atom is 0.0886 e. The summed E-state index contributed by atoms with van der Waals surface area (Å²) in [5.74, 6) is 0.495. The molecule has 0 fully saturated rings. The van der Waals surface area contributed by atoms with Gasteiger partial charge in [-0.2, -0.15) is 0 Å². The molecular formula is C16H22N2O. The number of aliphatic hydroxyl groups excluding tert-OH is 1. The van der Waals surface area contributed by atoms with Crippen LogP contribution in [0.25, 0.3) is 5.57 Å². The summed E-state index contributed by atoms with van der Waals surface area (Å²) in [4.78, 5) is 0. The Morgan fingerprint density at radius 2 is 2.11 bits per heavy atom. The molecule has 0 saturated heterocycles. The van der Waals surface area contributed by atoms with Crippen LogP contribution in [0.15, 0.2) is 42.3 Å². The normalized spacial score (nSPS) is 15.8. The van der Waals surface area contributed by atoms with Gasteiger partial charge in [-0.1, -0.05) is 31.2 Å². The molecule has 0 radical (unpaired) electrons. The lowest BCUT2D eigenvalue weighted by Crippen LogP contribution is -2.31. The Kier molecular flexibility index (Phi) is 5.04. The van der Waals surface area contributed by atoms with Gasteiger partial charge in [-0.25, -0.2) is 0 Å². The molecule has 0 spiro atoms. The molecule has 0 bridgehead atoms. The van der Waals surface area contributed by atoms with E-state index in [1.54, 1.807) is 0 Å². The Labute approximate surface area is 115 Å². The Balaban J connectivity index is 1.98. The van der Waals surface area contributed by atoms with Gasteiger partial charge in [-0.05, 0) is 35.6 Å². The van der Waals surface area contributed by atoms with E-state index in [2.05, 4.69) is 48.0 Å². The zero-order valence-electron chi connectivity index (χ0n) is 11.4. The van der Waals surface area contributed by atoms with E-state index in [0.717, 1.165) is 32.5 Å². The van der Waals surface area contributed by atoms with Crippen molar-refractivity contribution >= 4 is 5.57 Å². The average Bonchev–Trinajstić information content (AvgIpc) is 2.47. The van der Waals surface area contributed by atoms with E-state index in [4.69, 9.17) is 0 Å². The predicted octanol–water partition coefficient (Wildman–Crippen LogP) is 2.96. The molecule has 3 N–H and O–H groups in total. The zero-order valence-corrected chi connectivity index (χ0v) is 11.4. The van der Waals surface area contributed by atoms with Crippen LogP contribution in [0.2, 0.25) is 0 Å². The third-order valence-corrected chi connectivity index (χ3v) is 3.22. The molecule has 19 heavy (non-hydrogen) atoms. The maximum absolute atomic E-state index is 9.60. The van der Waals surface area contributed by atoms with E-state index >= 15 is 0 Å². The van der Waals surface area contributed by atoms with Gasteiger partial charge < -0.3 is 10.4 Å². The molecule has 0 aromatic heterocycles. The molecule has 1 aliphatic rings. The van der Waals surface area contributed by atoms with Crippen LogP contribution in [0, 0.1) is 0 Å². The number of aliphatic hydroxyl groups is 1. The Morgan fingerprint density at radius 1 is 1.32 bits per heavy atom. The van der Waals surface area contributed by atoms with Crippen molar-refractivity contribution < 1.29 is 5.11 Å². The first-order valence-corrected chi connectivity index (χ1v) is 6.90. The smallest absolute Gasteiger partial charge is 0.0886 e. The van der Waals surface area contributed by atoms with Gasteiger partial charge in [0.15, 0.2) is 0 Å². The van der Waals surface area contributed by atoms with E-state index in [9.17, 15) is 5.11 Å². The van der Waals surface area contributed by atoms with Gasteiger partial charge in [0.05, 0.1) is 12.4 Å². The number of hydrogen-bond donors (Lipinski definition) is 3. The molecule has 2 rings (SSSR count). The zero-order chi connectivity index (χ0) is 13.5. The van der Waals surface area contributed by atoms with E-state index in [1.165, 1.54) is 16.7 Å². The number of rotatable bonds is 5. The predicted molar refractivity (Wildman–Crippen MR) is 79.7 cm³/mol. The van der Waals surface area contributed by atoms with Crippen molar-refractivity contribution in [2.45, 2.75) is 26.2 Å². The summed E-state index contributed by atoms with van der Waals surface area (Å²) >= 11 is 0. The fraction of sp³-hybridized carbons (Fsp3) is 0.375. The second kappa shape index (κ2) is 7.00. The van der Waals surface area contributed by atoms with Crippen molar-refractivity contribution in [3.63, 3.8) is 0 Å². The second-order valence-electron chi connectivity index (χ2n) is 4.82. The Morgan fingerprint density at radius 3 is 2.74 bits per heavy atom. The minimum atomic E-state index is 0.495. The van der Waals surface area contributed by atoms with Crippen molar-refractivity contribution in [1.82, 2.24) is 10.6 Å². The standard InChI is InChI=1S/C16H22N2O/c1-2-3-16(19)9-6-13-4-7-14(8-5-13)15-10-17-12-18-11-15/h4-5,7-10,17-19H,2-3,6,11-12H2,1H3/b16-9+. The van der Waals surface area contributed by atoms with Gasteiger partial charge >= 0.3 is 0 Å². The van der Waals surface area contributed by atoms with Gasteiger partial charge in [-0.3, -0.25) is 5.32 Å². The van der Waals surface area contributed by atoms with Crippen molar-refractivity contribution in [1.29, 1.82) is 0 Å². The molecule has 0 aliphatic carbocycles. The fourth-order valence-electron chi connectivity index (χ4n) is 2.13. The second-order valence-corrected chi connectivity index (χ2v) is 4.82. The van der Waals surface area contributed by atoms with E-state index in [0.29, 0.717) is 5.76 Å². The summed E-state index contributed by atoms with van der Waals surface area (Å²) in [7, 11) is 0. The fourth-order valence-corrected chi connectivity index (χ4v) is 2.13. The van der Waals surface area contributed by atoms with E-state index in [-0.39, 0.29) is 0 Å². The van der Waals surface area contributed by atoms with Crippen molar-refractivity contribution in [2.24, 2.45) is 0 Å². The average molecular weight is 258 g/mol. The van der Waals surface area contributed by atoms with Gasteiger partial charge in [0.2, 0.25) is 0 Å². The number of allylic oxidation sites excluding steroid dienone is 2. The van der Waals surface area contributed by atoms with Gasteiger partial charge in [0.25, 0.3) is 0 Å². The van der Waals surface area contributed by atoms with Crippen molar-refractivity contribution in [3.05, 3.63) is 53.4 Å². The topological polar surface area (TPSA) is 44.3 Å². The summed E-state index contributed by atoms with van der Waals surface area (Å²) in [5, 5.41) is 16.1.